The molecule has 2 aromatic heterocycles. The van der Waals surface area contributed by atoms with E-state index in [9.17, 15) is 4.79 Å². The molecule has 1 aromatic carbocycles. The highest BCUT2D eigenvalue weighted by molar-refractivity contribution is 6.33. The van der Waals surface area contributed by atoms with Gasteiger partial charge in [0, 0.05) is 12.1 Å². The lowest BCUT2D eigenvalue weighted by Gasteiger charge is -2.25. The van der Waals surface area contributed by atoms with Crippen molar-refractivity contribution in [1.29, 1.82) is 0 Å². The summed E-state index contributed by atoms with van der Waals surface area (Å²) < 4.78 is 15.1. The second kappa shape index (κ2) is 8.93. The van der Waals surface area contributed by atoms with Crippen LogP contribution >= 0.6 is 11.6 Å². The minimum Gasteiger partial charge on any atom is -0.490 e. The molecular weight excluding hydrogens is 434 g/mol. The van der Waals surface area contributed by atoms with E-state index in [0.717, 1.165) is 42.8 Å². The number of hydrogen-bond acceptors (Lipinski definition) is 6. The second-order valence-corrected chi connectivity index (χ2v) is 8.23. The molecule has 1 amide bonds. The smallest absolute Gasteiger partial charge is 0.272 e. The van der Waals surface area contributed by atoms with Gasteiger partial charge in [-0.15, -0.1) is 0 Å². The maximum atomic E-state index is 13.0. The molecule has 2 aliphatic heterocycles. The first-order valence-electron chi connectivity index (χ1n) is 10.7. The number of imidazole rings is 1. The van der Waals surface area contributed by atoms with E-state index in [2.05, 4.69) is 20.0 Å². The zero-order valence-electron chi connectivity index (χ0n) is 17.5. The summed E-state index contributed by atoms with van der Waals surface area (Å²) >= 11 is 6.55. The Morgan fingerprint density at radius 2 is 2.25 bits per heavy atom. The predicted molar refractivity (Wildman–Crippen MR) is 116 cm³/mol. The van der Waals surface area contributed by atoms with Gasteiger partial charge in [-0.2, -0.15) is 5.10 Å². The van der Waals surface area contributed by atoms with Gasteiger partial charge in [0.1, 0.15) is 23.1 Å². The zero-order chi connectivity index (χ0) is 22.1. The number of rotatable bonds is 6. The van der Waals surface area contributed by atoms with Crippen molar-refractivity contribution in [2.75, 3.05) is 19.8 Å². The Balaban J connectivity index is 1.40. The summed E-state index contributed by atoms with van der Waals surface area (Å²) in [5.41, 5.74) is 3.82. The van der Waals surface area contributed by atoms with Crippen LogP contribution in [-0.4, -0.2) is 50.2 Å². The molecule has 168 valence electrons. The van der Waals surface area contributed by atoms with Crippen LogP contribution in [0, 0.1) is 0 Å². The van der Waals surface area contributed by atoms with Gasteiger partial charge in [-0.3, -0.25) is 4.79 Å². The Morgan fingerprint density at radius 1 is 1.34 bits per heavy atom. The summed E-state index contributed by atoms with van der Waals surface area (Å²) in [6.45, 7) is 1.65. The molecule has 0 saturated carbocycles. The summed E-state index contributed by atoms with van der Waals surface area (Å²) in [6.07, 6.45) is 6.52. The molecule has 10 heteroatoms. The quantitative estimate of drug-likeness (QED) is 0.589. The van der Waals surface area contributed by atoms with E-state index in [1.54, 1.807) is 23.3 Å². The molecule has 32 heavy (non-hydrogen) atoms. The van der Waals surface area contributed by atoms with E-state index in [1.165, 1.54) is 0 Å². The van der Waals surface area contributed by atoms with Gasteiger partial charge in [-0.25, -0.2) is 9.67 Å². The number of aliphatic hydroxyl groups is 1. The summed E-state index contributed by atoms with van der Waals surface area (Å²) in [7, 11) is 0. The Hall–Kier alpha value is -2.88. The molecule has 0 radical (unpaired) electrons. The number of amides is 1. The number of aliphatic hydroxyl groups excluding tert-OH is 1. The minimum absolute atomic E-state index is 0.104. The van der Waals surface area contributed by atoms with Crippen LogP contribution in [0.4, 0.5) is 0 Å². The Labute approximate surface area is 189 Å². The molecule has 0 aliphatic carbocycles. The fourth-order valence-corrected chi connectivity index (χ4v) is 4.56. The lowest BCUT2D eigenvalue weighted by atomic mass is 10.0. The molecule has 0 fully saturated rings. The van der Waals surface area contributed by atoms with Crippen LogP contribution in [0.15, 0.2) is 30.7 Å². The molecule has 3 aromatic rings. The highest BCUT2D eigenvalue weighted by Gasteiger charge is 2.29. The number of hydrogen-bond donors (Lipinski definition) is 2. The fourth-order valence-electron chi connectivity index (χ4n) is 4.30. The SMILES string of the molecule is O=C(NC1COCc2c1cnn2-c1cccc(OCCO)c1Cl)c1ncn2c1CCCC2. The van der Waals surface area contributed by atoms with Crippen LogP contribution in [0.2, 0.25) is 5.02 Å². The third-order valence-electron chi connectivity index (χ3n) is 5.85. The maximum Gasteiger partial charge on any atom is 0.272 e. The molecule has 2 aliphatic rings. The van der Waals surface area contributed by atoms with E-state index in [0.29, 0.717) is 35.4 Å². The van der Waals surface area contributed by atoms with E-state index in [-0.39, 0.29) is 25.2 Å². The van der Waals surface area contributed by atoms with Gasteiger partial charge in [0.15, 0.2) is 0 Å². The molecule has 0 spiro atoms. The van der Waals surface area contributed by atoms with Gasteiger partial charge in [0.25, 0.3) is 5.91 Å². The normalized spacial score (nSPS) is 17.5. The maximum absolute atomic E-state index is 13.0. The summed E-state index contributed by atoms with van der Waals surface area (Å²) in [5, 5.41) is 17.0. The minimum atomic E-state index is -0.339. The molecule has 0 saturated heterocycles. The largest absolute Gasteiger partial charge is 0.490 e. The number of ether oxygens (including phenoxy) is 2. The first kappa shape index (κ1) is 21.0. The molecule has 9 nitrogen and oxygen atoms in total. The van der Waals surface area contributed by atoms with Crippen molar-refractivity contribution in [1.82, 2.24) is 24.6 Å². The third kappa shape index (κ3) is 3.76. The molecule has 2 N–H and O–H groups in total. The number of halogens is 1. The third-order valence-corrected chi connectivity index (χ3v) is 6.23. The van der Waals surface area contributed by atoms with Crippen LogP contribution < -0.4 is 10.1 Å². The van der Waals surface area contributed by atoms with Gasteiger partial charge in [-0.05, 0) is 31.4 Å². The number of aryl methyl sites for hydroxylation is 1. The van der Waals surface area contributed by atoms with Crippen molar-refractivity contribution >= 4 is 17.5 Å². The number of carbonyl (C=O) groups excluding carboxylic acids is 1. The van der Waals surface area contributed by atoms with E-state index in [4.69, 9.17) is 26.2 Å². The predicted octanol–water partition coefficient (Wildman–Crippen LogP) is 2.43. The Bertz CT molecular complexity index is 1140. The number of fused-ring (bicyclic) bond motifs is 2. The number of benzene rings is 1. The van der Waals surface area contributed by atoms with Gasteiger partial charge in [0.2, 0.25) is 0 Å². The Kier molecular flexibility index (Phi) is 5.86. The topological polar surface area (TPSA) is 103 Å². The summed E-state index contributed by atoms with van der Waals surface area (Å²) in [4.78, 5) is 17.4. The lowest BCUT2D eigenvalue weighted by molar-refractivity contribution is 0.0684. The van der Waals surface area contributed by atoms with Crippen molar-refractivity contribution < 1.29 is 19.4 Å². The average Bonchev–Trinajstić information content (AvgIpc) is 3.44. The van der Waals surface area contributed by atoms with E-state index >= 15 is 0 Å². The van der Waals surface area contributed by atoms with Gasteiger partial charge < -0.3 is 24.5 Å². The van der Waals surface area contributed by atoms with Crippen LogP contribution in [-0.2, 0) is 24.3 Å². The van der Waals surface area contributed by atoms with Crippen molar-refractivity contribution in [2.24, 2.45) is 0 Å². The van der Waals surface area contributed by atoms with Gasteiger partial charge >= 0.3 is 0 Å². The lowest BCUT2D eigenvalue weighted by Crippen LogP contribution is -2.35. The molecule has 1 unspecified atom stereocenters. The first-order chi connectivity index (χ1) is 15.7. The standard InChI is InChI=1S/C22H24ClN5O4/c23-20-16(5-3-6-19(20)32-9-8-29)28-18-12-31-11-15(14(18)10-25-28)26-22(30)21-17-4-1-2-7-27(17)13-24-21/h3,5-6,10,13,15,29H,1-2,4,7-9,11-12H2,(H,26,30). The van der Waals surface area contributed by atoms with Crippen LogP contribution in [0.1, 0.15) is 46.3 Å². The number of carbonyl (C=O) groups is 1. The van der Waals surface area contributed by atoms with Crippen molar-refractivity contribution in [3.63, 3.8) is 0 Å². The number of aromatic nitrogens is 4. The van der Waals surface area contributed by atoms with Crippen molar-refractivity contribution in [2.45, 2.75) is 38.5 Å². The fraction of sp³-hybridized carbons (Fsp3) is 0.409. The highest BCUT2D eigenvalue weighted by Crippen LogP contribution is 2.34. The van der Waals surface area contributed by atoms with Crippen molar-refractivity contribution in [3.05, 3.63) is 58.4 Å². The summed E-state index contributed by atoms with van der Waals surface area (Å²) in [5.74, 6) is 0.265. The van der Waals surface area contributed by atoms with Gasteiger partial charge in [-0.1, -0.05) is 17.7 Å². The van der Waals surface area contributed by atoms with E-state index < -0.39 is 0 Å². The highest BCUT2D eigenvalue weighted by atomic mass is 35.5. The van der Waals surface area contributed by atoms with Crippen LogP contribution in [0.5, 0.6) is 5.75 Å². The van der Waals surface area contributed by atoms with E-state index in [1.807, 2.05) is 12.1 Å². The average molecular weight is 458 g/mol. The van der Waals surface area contributed by atoms with Crippen molar-refractivity contribution in [3.8, 4) is 11.4 Å². The van der Waals surface area contributed by atoms with Crippen LogP contribution in [0.25, 0.3) is 5.69 Å². The number of nitrogens with one attached hydrogen (secondary N) is 1. The zero-order valence-corrected chi connectivity index (χ0v) is 18.2. The second-order valence-electron chi connectivity index (χ2n) is 7.85. The molecule has 1 atom stereocenters. The first-order valence-corrected chi connectivity index (χ1v) is 11.1. The van der Waals surface area contributed by atoms with Crippen LogP contribution in [0.3, 0.4) is 0 Å². The molecule has 4 heterocycles. The summed E-state index contributed by atoms with van der Waals surface area (Å²) in [6, 6.07) is 5.05. The van der Waals surface area contributed by atoms with Gasteiger partial charge in [0.05, 0.1) is 55.5 Å². The Morgan fingerprint density at radius 3 is 3.12 bits per heavy atom. The number of nitrogens with zero attached hydrogens (tertiary/aromatic N) is 4. The molecule has 0 bridgehead atoms. The molecular formula is C22H24ClN5O4. The molecule has 5 rings (SSSR count). The monoisotopic (exact) mass is 457 g/mol.